The minimum atomic E-state index is 0. The van der Waals surface area contributed by atoms with E-state index in [1.54, 1.807) is 0 Å². The molecule has 0 bridgehead atoms. The maximum atomic E-state index is 3.95. The molecule has 0 atom stereocenters. The van der Waals surface area contributed by atoms with E-state index in [4.69, 9.17) is 0 Å². The molecule has 0 spiro atoms. The van der Waals surface area contributed by atoms with Gasteiger partial charge in [0.2, 0.25) is 5.16 Å². The Balaban J connectivity index is 0.000000845. The summed E-state index contributed by atoms with van der Waals surface area (Å²) >= 11 is 3.95. The topological polar surface area (TPSA) is 43.6 Å². The van der Waals surface area contributed by atoms with Crippen LogP contribution in [0.5, 0.6) is 0 Å². The standard InChI is InChI=1S/C7H6N4S.Na.H/c12-7-8-10-11(9-7)6-4-2-1-3-5-6;;/h1-5H,(H,9,12);;. The van der Waals surface area contributed by atoms with Gasteiger partial charge >= 0.3 is 29.6 Å². The number of nitrogens with zero attached hydrogens (tertiary/aromatic N) is 4. The van der Waals surface area contributed by atoms with Crippen LogP contribution in [-0.4, -0.2) is 49.8 Å². The molecular weight excluding hydrogens is 195 g/mol. The molecule has 0 amide bonds. The second kappa shape index (κ2) is 4.76. The van der Waals surface area contributed by atoms with Crippen LogP contribution in [0.25, 0.3) is 5.69 Å². The predicted molar refractivity (Wildman–Crippen MR) is 53.6 cm³/mol. The molecule has 0 N–H and O–H groups in total. The molecule has 62 valence electrons. The van der Waals surface area contributed by atoms with E-state index in [0.29, 0.717) is 5.16 Å². The van der Waals surface area contributed by atoms with Crippen molar-refractivity contribution in [1.82, 2.24) is 20.2 Å². The summed E-state index contributed by atoms with van der Waals surface area (Å²) < 4.78 is 0. The number of tetrazole rings is 1. The molecule has 0 aliphatic heterocycles. The number of aromatic nitrogens is 4. The fraction of sp³-hybridized carbons (Fsp3) is 0. The first kappa shape index (κ1) is 10.7. The summed E-state index contributed by atoms with van der Waals surface area (Å²) in [5, 5.41) is 11.7. The Bertz CT molecular complexity index is 375. The van der Waals surface area contributed by atoms with Gasteiger partial charge in [-0.05, 0) is 17.3 Å². The fourth-order valence-electron chi connectivity index (χ4n) is 0.878. The average molecular weight is 202 g/mol. The molecule has 4 nitrogen and oxygen atoms in total. The van der Waals surface area contributed by atoms with Crippen molar-refractivity contribution in [2.75, 3.05) is 0 Å². The van der Waals surface area contributed by atoms with Gasteiger partial charge < -0.3 is 0 Å². The van der Waals surface area contributed by atoms with E-state index in [1.807, 2.05) is 30.3 Å². The molecule has 0 saturated heterocycles. The number of rotatable bonds is 1. The quantitative estimate of drug-likeness (QED) is 0.534. The van der Waals surface area contributed by atoms with Crippen molar-refractivity contribution >= 4 is 42.2 Å². The van der Waals surface area contributed by atoms with Crippen LogP contribution in [0, 0.1) is 0 Å². The first-order valence-corrected chi connectivity index (χ1v) is 3.85. The number of thiol groups is 1. The number of hydrogen-bond acceptors (Lipinski definition) is 4. The van der Waals surface area contributed by atoms with Crippen LogP contribution in [0.1, 0.15) is 0 Å². The monoisotopic (exact) mass is 202 g/mol. The summed E-state index contributed by atoms with van der Waals surface area (Å²) in [5.41, 5.74) is 0.880. The van der Waals surface area contributed by atoms with Crippen molar-refractivity contribution < 1.29 is 0 Å². The molecule has 1 heterocycles. The zero-order valence-electron chi connectivity index (χ0n) is 6.12. The van der Waals surface area contributed by atoms with E-state index < -0.39 is 0 Å². The molecule has 1 aromatic carbocycles. The van der Waals surface area contributed by atoms with Gasteiger partial charge in [-0.2, -0.15) is 0 Å². The van der Waals surface area contributed by atoms with Crippen LogP contribution in [0.3, 0.4) is 0 Å². The summed E-state index contributed by atoms with van der Waals surface area (Å²) in [5.74, 6) is 0. The van der Waals surface area contributed by atoms with E-state index in [1.165, 1.54) is 4.80 Å². The predicted octanol–water partition coefficient (Wildman–Crippen LogP) is 0.303. The summed E-state index contributed by atoms with van der Waals surface area (Å²) in [6, 6.07) is 9.56. The second-order valence-corrected chi connectivity index (χ2v) is 2.61. The first-order chi connectivity index (χ1) is 5.86. The molecule has 0 fully saturated rings. The molecule has 0 radical (unpaired) electrons. The van der Waals surface area contributed by atoms with Gasteiger partial charge in [0.15, 0.2) is 0 Å². The van der Waals surface area contributed by atoms with Gasteiger partial charge in [0.1, 0.15) is 0 Å². The second-order valence-electron chi connectivity index (χ2n) is 2.21. The van der Waals surface area contributed by atoms with Gasteiger partial charge in [0.25, 0.3) is 0 Å². The molecule has 1 aromatic heterocycles. The van der Waals surface area contributed by atoms with Crippen LogP contribution in [0.2, 0.25) is 0 Å². The Morgan fingerprint density at radius 3 is 2.38 bits per heavy atom. The van der Waals surface area contributed by atoms with Gasteiger partial charge in [-0.25, -0.2) is 0 Å². The number of benzene rings is 1. The van der Waals surface area contributed by atoms with Gasteiger partial charge in [0, 0.05) is 0 Å². The van der Waals surface area contributed by atoms with Gasteiger partial charge in [0.05, 0.1) is 5.69 Å². The van der Waals surface area contributed by atoms with Crippen LogP contribution in [-0.2, 0) is 0 Å². The number of hydrogen-bond donors (Lipinski definition) is 1. The SMILES string of the molecule is Sc1nnn(-c2ccccc2)n1.[NaH]. The molecular formula is C7H7N4NaS. The minimum absolute atomic E-state index is 0. The molecule has 2 aromatic rings. The van der Waals surface area contributed by atoms with Crippen LogP contribution in [0.15, 0.2) is 35.5 Å². The van der Waals surface area contributed by atoms with Gasteiger partial charge in [-0.1, -0.05) is 30.8 Å². The Labute approximate surface area is 103 Å². The molecule has 0 unspecified atom stereocenters. The van der Waals surface area contributed by atoms with E-state index in [-0.39, 0.29) is 29.6 Å². The van der Waals surface area contributed by atoms with E-state index in [0.717, 1.165) is 5.69 Å². The zero-order valence-corrected chi connectivity index (χ0v) is 7.02. The van der Waals surface area contributed by atoms with Crippen LogP contribution < -0.4 is 0 Å². The molecule has 6 heteroatoms. The third-order valence-corrected chi connectivity index (χ3v) is 1.57. The fourth-order valence-corrected chi connectivity index (χ4v) is 1.00. The van der Waals surface area contributed by atoms with Crippen molar-refractivity contribution in [2.24, 2.45) is 0 Å². The van der Waals surface area contributed by atoms with Crippen molar-refractivity contribution in [3.8, 4) is 5.69 Å². The Hall–Kier alpha value is -0.360. The van der Waals surface area contributed by atoms with Crippen molar-refractivity contribution in [1.29, 1.82) is 0 Å². The Kier molecular flexibility index (Phi) is 3.92. The Morgan fingerprint density at radius 2 is 1.85 bits per heavy atom. The van der Waals surface area contributed by atoms with E-state index in [2.05, 4.69) is 28.0 Å². The van der Waals surface area contributed by atoms with Crippen molar-refractivity contribution in [2.45, 2.75) is 5.16 Å². The first-order valence-electron chi connectivity index (χ1n) is 3.41. The summed E-state index contributed by atoms with van der Waals surface area (Å²) in [6.45, 7) is 0. The van der Waals surface area contributed by atoms with E-state index >= 15 is 0 Å². The van der Waals surface area contributed by atoms with Crippen LogP contribution >= 0.6 is 12.6 Å². The van der Waals surface area contributed by atoms with Crippen LogP contribution in [0.4, 0.5) is 0 Å². The third-order valence-electron chi connectivity index (χ3n) is 1.39. The normalized spacial score (nSPS) is 9.31. The molecule has 0 aliphatic carbocycles. The van der Waals surface area contributed by atoms with E-state index in [9.17, 15) is 0 Å². The molecule has 0 saturated carbocycles. The maximum absolute atomic E-state index is 3.95. The van der Waals surface area contributed by atoms with Crippen molar-refractivity contribution in [3.05, 3.63) is 30.3 Å². The summed E-state index contributed by atoms with van der Waals surface area (Å²) in [6.07, 6.45) is 0. The molecule has 13 heavy (non-hydrogen) atoms. The molecule has 0 aliphatic rings. The number of para-hydroxylation sites is 1. The Morgan fingerprint density at radius 1 is 1.15 bits per heavy atom. The van der Waals surface area contributed by atoms with Crippen molar-refractivity contribution in [3.63, 3.8) is 0 Å². The molecule has 2 rings (SSSR count). The average Bonchev–Trinajstić information content (AvgIpc) is 2.54. The van der Waals surface area contributed by atoms with Gasteiger partial charge in [-0.3, -0.25) is 0 Å². The third kappa shape index (κ3) is 2.54. The zero-order chi connectivity index (χ0) is 8.39. The van der Waals surface area contributed by atoms with Gasteiger partial charge in [-0.15, -0.1) is 15.0 Å². The summed E-state index contributed by atoms with van der Waals surface area (Å²) in [4.78, 5) is 1.43. The summed E-state index contributed by atoms with van der Waals surface area (Å²) in [7, 11) is 0.